The first-order chi connectivity index (χ1) is 2.94. The Bertz CT molecular complexity index is 90.5. The Labute approximate surface area is 77.2 Å². The quantitative estimate of drug-likeness (QED) is 0.466. The van der Waals surface area contributed by atoms with Gasteiger partial charge in [-0.15, -0.1) is 0 Å². The molecular weight excluding hydrogens is 169 g/mol. The van der Waals surface area contributed by atoms with Crippen LogP contribution in [0.2, 0.25) is 0 Å². The van der Waals surface area contributed by atoms with Gasteiger partial charge in [0, 0.05) is 29.6 Å². The van der Waals surface area contributed by atoms with Crippen molar-refractivity contribution in [3.05, 3.63) is 0 Å². The summed E-state index contributed by atoms with van der Waals surface area (Å²) in [6, 6.07) is 0. The van der Waals surface area contributed by atoms with E-state index in [9.17, 15) is 9.18 Å². The Morgan fingerprint density at radius 2 is 1.75 bits per heavy atom. The second kappa shape index (κ2) is 3.90. The number of halogens is 3. The summed E-state index contributed by atoms with van der Waals surface area (Å²) < 4.78 is 8.30. The third-order valence-electron chi connectivity index (χ3n) is 0.243. The van der Waals surface area contributed by atoms with E-state index in [4.69, 9.17) is 5.11 Å². The zero-order chi connectivity index (χ0) is 6.08. The second-order valence-corrected chi connectivity index (χ2v) is 2.04. The maximum atomic E-state index is 11.4. The molecule has 6 heteroatoms. The van der Waals surface area contributed by atoms with Crippen LogP contribution >= 0.6 is 23.2 Å². The first kappa shape index (κ1) is 11.7. The van der Waals surface area contributed by atoms with Gasteiger partial charge in [0.05, 0.1) is 0 Å². The van der Waals surface area contributed by atoms with Crippen molar-refractivity contribution < 1.29 is 14.3 Å². The van der Waals surface area contributed by atoms with Crippen LogP contribution in [0, 0.1) is 0 Å². The smallest absolute Gasteiger partial charge is 0.373 e. The monoisotopic (exact) mass is 169 g/mol. The summed E-state index contributed by atoms with van der Waals surface area (Å²) in [5, 5.41) is 7.61. The van der Waals surface area contributed by atoms with Crippen molar-refractivity contribution in [1.29, 1.82) is 0 Å². The van der Waals surface area contributed by atoms with Crippen molar-refractivity contribution >= 4 is 58.7 Å². The molecule has 0 fully saturated rings. The molecule has 1 N–H and O–H groups in total. The van der Waals surface area contributed by atoms with Crippen LogP contribution in [0.4, 0.5) is 4.39 Å². The number of rotatable bonds is 1. The van der Waals surface area contributed by atoms with Crippen molar-refractivity contribution in [2.45, 2.75) is 4.59 Å². The fraction of sp³-hybridized carbons (Fsp3) is 0.500. The maximum Gasteiger partial charge on any atom is 0.373 e. The molecule has 0 spiro atoms. The number of hydrogen-bond donors (Lipinski definition) is 1. The number of alkyl halides is 3. The van der Waals surface area contributed by atoms with E-state index in [0.717, 1.165) is 0 Å². The molecular formula is C2HCl2FNaO2. The van der Waals surface area contributed by atoms with Crippen LogP contribution in [-0.4, -0.2) is 45.2 Å². The third kappa shape index (κ3) is 5.12. The maximum absolute atomic E-state index is 11.4. The number of carbonyl (C=O) groups is 1. The van der Waals surface area contributed by atoms with Crippen LogP contribution in [0.3, 0.4) is 0 Å². The molecule has 0 saturated heterocycles. The minimum atomic E-state index is -3.14. The molecule has 0 aliphatic rings. The fourth-order valence-corrected chi connectivity index (χ4v) is 0. The second-order valence-electron chi connectivity index (χ2n) is 0.803. The van der Waals surface area contributed by atoms with Crippen LogP contribution < -0.4 is 0 Å². The van der Waals surface area contributed by atoms with Crippen LogP contribution in [0.25, 0.3) is 0 Å². The number of carboxylic acids is 1. The average molecular weight is 170 g/mol. The first-order valence-corrected chi connectivity index (χ1v) is 2.00. The van der Waals surface area contributed by atoms with E-state index in [1.807, 2.05) is 0 Å². The Morgan fingerprint density at radius 3 is 1.75 bits per heavy atom. The van der Waals surface area contributed by atoms with Crippen molar-refractivity contribution in [1.82, 2.24) is 0 Å². The molecule has 0 unspecified atom stereocenters. The van der Waals surface area contributed by atoms with E-state index in [2.05, 4.69) is 23.2 Å². The molecule has 8 heavy (non-hydrogen) atoms. The van der Waals surface area contributed by atoms with E-state index in [1.165, 1.54) is 0 Å². The average Bonchev–Trinajstić information content (AvgIpc) is 1.31. The van der Waals surface area contributed by atoms with Crippen LogP contribution in [0.15, 0.2) is 0 Å². The zero-order valence-electron chi connectivity index (χ0n) is 3.99. The molecule has 43 valence electrons. The Morgan fingerprint density at radius 1 is 1.62 bits per heavy atom. The van der Waals surface area contributed by atoms with Gasteiger partial charge in [-0.25, -0.2) is 4.79 Å². The van der Waals surface area contributed by atoms with Crippen molar-refractivity contribution in [2.24, 2.45) is 0 Å². The Balaban J connectivity index is 0. The molecule has 0 aliphatic carbocycles. The normalized spacial score (nSPS) is 9.88. The molecule has 0 aromatic rings. The Hall–Kier alpha value is 0.980. The van der Waals surface area contributed by atoms with Gasteiger partial charge in [-0.2, -0.15) is 4.39 Å². The summed E-state index contributed by atoms with van der Waals surface area (Å²) in [5.74, 6) is -1.89. The summed E-state index contributed by atoms with van der Waals surface area (Å²) in [5.41, 5.74) is 0. The van der Waals surface area contributed by atoms with E-state index >= 15 is 0 Å². The molecule has 0 heterocycles. The van der Waals surface area contributed by atoms with E-state index in [-0.39, 0.29) is 29.6 Å². The molecule has 0 atom stereocenters. The van der Waals surface area contributed by atoms with E-state index in [1.54, 1.807) is 0 Å². The molecule has 0 aliphatic heterocycles. The SMILES string of the molecule is O=C(O)C(F)(Cl)Cl.[Na]. The van der Waals surface area contributed by atoms with Gasteiger partial charge in [-0.05, 0) is 0 Å². The van der Waals surface area contributed by atoms with E-state index < -0.39 is 10.6 Å². The molecule has 2 nitrogen and oxygen atoms in total. The molecule has 0 amide bonds. The van der Waals surface area contributed by atoms with Gasteiger partial charge < -0.3 is 5.11 Å². The van der Waals surface area contributed by atoms with Crippen LogP contribution in [0.5, 0.6) is 0 Å². The minimum Gasteiger partial charge on any atom is -0.477 e. The molecule has 0 aromatic carbocycles. The molecule has 0 rings (SSSR count). The van der Waals surface area contributed by atoms with Gasteiger partial charge in [0.25, 0.3) is 0 Å². The largest absolute Gasteiger partial charge is 0.477 e. The predicted molar refractivity (Wildman–Crippen MR) is 28.9 cm³/mol. The van der Waals surface area contributed by atoms with Crippen molar-refractivity contribution in [3.63, 3.8) is 0 Å². The predicted octanol–water partition coefficient (Wildman–Crippen LogP) is 0.791. The number of hydrogen-bond acceptors (Lipinski definition) is 1. The van der Waals surface area contributed by atoms with E-state index in [0.29, 0.717) is 0 Å². The Kier molecular flexibility index (Phi) is 5.73. The number of aliphatic carboxylic acids is 1. The fourth-order valence-electron chi connectivity index (χ4n) is 0. The summed E-state index contributed by atoms with van der Waals surface area (Å²) in [7, 11) is 0. The van der Waals surface area contributed by atoms with Crippen molar-refractivity contribution in [2.75, 3.05) is 0 Å². The number of carboxylic acid groups (broad SMARTS) is 1. The summed E-state index contributed by atoms with van der Waals surface area (Å²) >= 11 is 8.73. The standard InChI is InChI=1S/C2HCl2FO2.Na/c3-2(4,5)1(6)7;/h(H,6,7);. The van der Waals surface area contributed by atoms with Gasteiger partial charge in [0.1, 0.15) is 0 Å². The van der Waals surface area contributed by atoms with Gasteiger partial charge in [-0.3, -0.25) is 0 Å². The van der Waals surface area contributed by atoms with Crippen molar-refractivity contribution in [3.8, 4) is 0 Å². The minimum absolute atomic E-state index is 0. The topological polar surface area (TPSA) is 37.3 Å². The third-order valence-corrected chi connectivity index (χ3v) is 0.566. The first-order valence-electron chi connectivity index (χ1n) is 1.24. The van der Waals surface area contributed by atoms with Crippen LogP contribution in [0.1, 0.15) is 0 Å². The summed E-state index contributed by atoms with van der Waals surface area (Å²) in [4.78, 5) is 9.38. The molecule has 1 radical (unpaired) electrons. The zero-order valence-corrected chi connectivity index (χ0v) is 7.50. The molecule has 0 saturated carbocycles. The summed E-state index contributed by atoms with van der Waals surface area (Å²) in [6.07, 6.45) is 0. The van der Waals surface area contributed by atoms with Gasteiger partial charge in [0.2, 0.25) is 0 Å². The molecule has 0 aromatic heterocycles. The summed E-state index contributed by atoms with van der Waals surface area (Å²) in [6.45, 7) is 0. The molecule has 0 bridgehead atoms. The van der Waals surface area contributed by atoms with Gasteiger partial charge in [0.15, 0.2) is 0 Å². The van der Waals surface area contributed by atoms with Crippen LogP contribution in [-0.2, 0) is 4.79 Å². The van der Waals surface area contributed by atoms with Gasteiger partial charge in [-0.1, -0.05) is 23.2 Å². The van der Waals surface area contributed by atoms with Gasteiger partial charge >= 0.3 is 10.6 Å².